The number of benzene rings is 2. The van der Waals surface area contributed by atoms with Crippen LogP contribution >= 0.6 is 0 Å². The summed E-state index contributed by atoms with van der Waals surface area (Å²) >= 11 is 0. The third-order valence-corrected chi connectivity index (χ3v) is 5.52. The molecule has 2 N–H and O–H groups in total. The normalized spacial score (nSPS) is 17.9. The summed E-state index contributed by atoms with van der Waals surface area (Å²) in [6, 6.07) is 13.7. The molecule has 0 radical (unpaired) electrons. The fourth-order valence-electron chi connectivity index (χ4n) is 3.83. The van der Waals surface area contributed by atoms with Gasteiger partial charge in [-0.1, -0.05) is 24.3 Å². The summed E-state index contributed by atoms with van der Waals surface area (Å²) in [5.41, 5.74) is 7.53. The Balaban J connectivity index is 1.64. The molecule has 2 aromatic carbocycles. The van der Waals surface area contributed by atoms with E-state index < -0.39 is 0 Å². The highest BCUT2D eigenvalue weighted by Gasteiger charge is 2.28. The van der Waals surface area contributed by atoms with E-state index in [1.165, 1.54) is 12.3 Å². The molecule has 0 saturated carbocycles. The third kappa shape index (κ3) is 3.93. The number of halogens is 1. The zero-order chi connectivity index (χ0) is 20.4. The quantitative estimate of drug-likeness (QED) is 0.715. The maximum absolute atomic E-state index is 14.1. The van der Waals surface area contributed by atoms with Crippen molar-refractivity contribution in [2.24, 2.45) is 11.7 Å². The van der Waals surface area contributed by atoms with Gasteiger partial charge in [0, 0.05) is 24.7 Å². The number of piperidine rings is 1. The molecule has 1 amide bonds. The molecule has 0 bridgehead atoms. The minimum absolute atomic E-state index is 0.0518. The van der Waals surface area contributed by atoms with Crippen molar-refractivity contribution >= 4 is 5.91 Å². The number of oxazole rings is 1. The van der Waals surface area contributed by atoms with Gasteiger partial charge in [-0.25, -0.2) is 9.37 Å². The molecule has 1 aliphatic heterocycles. The molecular formula is C23H24FN3O2. The highest BCUT2D eigenvalue weighted by atomic mass is 19.1. The minimum atomic E-state index is -0.380. The van der Waals surface area contributed by atoms with Crippen LogP contribution in [0.2, 0.25) is 0 Å². The lowest BCUT2D eigenvalue weighted by Gasteiger charge is -2.34. The molecule has 6 heteroatoms. The van der Waals surface area contributed by atoms with Gasteiger partial charge in [0.2, 0.25) is 5.89 Å². The Kier molecular flexibility index (Phi) is 5.45. The first-order valence-electron chi connectivity index (χ1n) is 9.89. The van der Waals surface area contributed by atoms with Gasteiger partial charge in [0.15, 0.2) is 5.76 Å². The molecule has 3 aromatic rings. The number of carbonyl (C=O) groups excluding carboxylic acids is 1. The van der Waals surface area contributed by atoms with E-state index in [1.807, 2.05) is 24.0 Å². The number of likely N-dealkylation sites (tertiary alicyclic amines) is 1. The molecule has 0 unspecified atom stereocenters. The lowest BCUT2D eigenvalue weighted by atomic mass is 9.91. The standard InChI is InChI=1S/C23H24FN3O2/c1-15(25)16-7-6-12-27(14-16)23(28)18-9-3-2-8-17(18)22-26-13-21(29-22)19-10-4-5-11-20(19)24/h2-5,8-11,13,15-16H,6-7,12,14,25H2,1H3/t15-,16-/m1/s1. The number of amides is 1. The molecule has 1 aliphatic rings. The summed E-state index contributed by atoms with van der Waals surface area (Å²) in [5.74, 6) is 0.490. The Labute approximate surface area is 169 Å². The highest BCUT2D eigenvalue weighted by molar-refractivity contribution is 6.00. The van der Waals surface area contributed by atoms with Crippen LogP contribution in [0.15, 0.2) is 59.1 Å². The minimum Gasteiger partial charge on any atom is -0.436 e. The lowest BCUT2D eigenvalue weighted by molar-refractivity contribution is 0.0661. The van der Waals surface area contributed by atoms with E-state index >= 15 is 0 Å². The lowest BCUT2D eigenvalue weighted by Crippen LogP contribution is -2.45. The van der Waals surface area contributed by atoms with Crippen molar-refractivity contribution in [3.8, 4) is 22.8 Å². The van der Waals surface area contributed by atoms with Crippen molar-refractivity contribution in [1.82, 2.24) is 9.88 Å². The maximum Gasteiger partial charge on any atom is 0.254 e. The molecule has 1 saturated heterocycles. The number of aromatic nitrogens is 1. The van der Waals surface area contributed by atoms with Crippen molar-refractivity contribution in [2.75, 3.05) is 13.1 Å². The number of nitrogens with two attached hydrogens (primary N) is 1. The van der Waals surface area contributed by atoms with Crippen LogP contribution in [0, 0.1) is 11.7 Å². The van der Waals surface area contributed by atoms with Crippen LogP contribution in [0.25, 0.3) is 22.8 Å². The first-order chi connectivity index (χ1) is 14.0. The zero-order valence-electron chi connectivity index (χ0n) is 16.3. The highest BCUT2D eigenvalue weighted by Crippen LogP contribution is 2.31. The number of nitrogens with zero attached hydrogens (tertiary/aromatic N) is 2. The molecule has 2 heterocycles. The molecule has 4 rings (SSSR count). The van der Waals surface area contributed by atoms with Crippen LogP contribution in [0.3, 0.4) is 0 Å². The summed E-state index contributed by atoms with van der Waals surface area (Å²) in [4.78, 5) is 19.4. The van der Waals surface area contributed by atoms with Crippen molar-refractivity contribution in [3.05, 3.63) is 66.1 Å². The van der Waals surface area contributed by atoms with Crippen LogP contribution in [0.1, 0.15) is 30.1 Å². The summed E-state index contributed by atoms with van der Waals surface area (Å²) < 4.78 is 19.9. The van der Waals surface area contributed by atoms with Gasteiger partial charge in [0.05, 0.1) is 17.3 Å². The number of rotatable bonds is 4. The summed E-state index contributed by atoms with van der Waals surface area (Å²) in [6.07, 6.45) is 3.47. The fourth-order valence-corrected chi connectivity index (χ4v) is 3.83. The second-order valence-electron chi connectivity index (χ2n) is 7.57. The monoisotopic (exact) mass is 393 g/mol. The predicted octanol–water partition coefficient (Wildman–Crippen LogP) is 4.35. The van der Waals surface area contributed by atoms with Crippen LogP contribution < -0.4 is 5.73 Å². The molecule has 0 aliphatic carbocycles. The number of hydrogen-bond donors (Lipinski definition) is 1. The van der Waals surface area contributed by atoms with Gasteiger partial charge in [-0.15, -0.1) is 0 Å². The van der Waals surface area contributed by atoms with Gasteiger partial charge in [-0.3, -0.25) is 4.79 Å². The van der Waals surface area contributed by atoms with Crippen molar-refractivity contribution in [2.45, 2.75) is 25.8 Å². The molecule has 2 atom stereocenters. The van der Waals surface area contributed by atoms with Crippen molar-refractivity contribution in [3.63, 3.8) is 0 Å². The smallest absolute Gasteiger partial charge is 0.254 e. The number of hydrogen-bond acceptors (Lipinski definition) is 4. The Hall–Kier alpha value is -2.99. The van der Waals surface area contributed by atoms with E-state index in [2.05, 4.69) is 4.98 Å². The van der Waals surface area contributed by atoms with Crippen LogP contribution in [-0.4, -0.2) is 34.9 Å². The van der Waals surface area contributed by atoms with Gasteiger partial charge < -0.3 is 15.1 Å². The maximum atomic E-state index is 14.1. The topological polar surface area (TPSA) is 72.4 Å². The SMILES string of the molecule is C[C@@H](N)[C@@H]1CCCN(C(=O)c2ccccc2-c2ncc(-c3ccccc3F)o2)C1. The number of carbonyl (C=O) groups is 1. The molecule has 1 aromatic heterocycles. The largest absolute Gasteiger partial charge is 0.436 e. The molecule has 29 heavy (non-hydrogen) atoms. The van der Waals surface area contributed by atoms with E-state index in [4.69, 9.17) is 10.2 Å². The van der Waals surface area contributed by atoms with E-state index in [-0.39, 0.29) is 17.8 Å². The van der Waals surface area contributed by atoms with E-state index in [0.29, 0.717) is 47.3 Å². The van der Waals surface area contributed by atoms with Crippen molar-refractivity contribution in [1.29, 1.82) is 0 Å². The fraction of sp³-hybridized carbons (Fsp3) is 0.304. The molecule has 0 spiro atoms. The van der Waals surface area contributed by atoms with Gasteiger partial charge in [-0.2, -0.15) is 0 Å². The molecule has 1 fully saturated rings. The van der Waals surface area contributed by atoms with Gasteiger partial charge >= 0.3 is 0 Å². The Morgan fingerprint density at radius 2 is 1.93 bits per heavy atom. The van der Waals surface area contributed by atoms with E-state index in [9.17, 15) is 9.18 Å². The summed E-state index contributed by atoms with van der Waals surface area (Å²) in [5, 5.41) is 0. The van der Waals surface area contributed by atoms with Crippen molar-refractivity contribution < 1.29 is 13.6 Å². The second kappa shape index (κ2) is 8.17. The first kappa shape index (κ1) is 19.3. The van der Waals surface area contributed by atoms with Gasteiger partial charge in [0.25, 0.3) is 5.91 Å². The third-order valence-electron chi connectivity index (χ3n) is 5.52. The second-order valence-corrected chi connectivity index (χ2v) is 7.57. The Bertz CT molecular complexity index is 1010. The average Bonchev–Trinajstić information content (AvgIpc) is 3.23. The first-order valence-corrected chi connectivity index (χ1v) is 9.89. The van der Waals surface area contributed by atoms with Gasteiger partial charge in [-0.05, 0) is 49.9 Å². The predicted molar refractivity (Wildman–Crippen MR) is 110 cm³/mol. The average molecular weight is 393 g/mol. The van der Waals surface area contributed by atoms with Crippen LogP contribution in [-0.2, 0) is 0 Å². The van der Waals surface area contributed by atoms with Crippen LogP contribution in [0.4, 0.5) is 4.39 Å². The molecular weight excluding hydrogens is 369 g/mol. The molecule has 5 nitrogen and oxygen atoms in total. The summed E-state index contributed by atoms with van der Waals surface area (Å²) in [7, 11) is 0. The molecule has 150 valence electrons. The van der Waals surface area contributed by atoms with E-state index in [0.717, 1.165) is 12.8 Å². The zero-order valence-corrected chi connectivity index (χ0v) is 16.3. The summed E-state index contributed by atoms with van der Waals surface area (Å²) in [6.45, 7) is 3.35. The Morgan fingerprint density at radius 3 is 2.69 bits per heavy atom. The Morgan fingerprint density at radius 1 is 1.21 bits per heavy atom. The van der Waals surface area contributed by atoms with Crippen LogP contribution in [0.5, 0.6) is 0 Å². The van der Waals surface area contributed by atoms with Gasteiger partial charge in [0.1, 0.15) is 5.82 Å². The van der Waals surface area contributed by atoms with E-state index in [1.54, 1.807) is 30.3 Å².